The lowest BCUT2D eigenvalue weighted by Crippen LogP contribution is -2.42. The first-order valence-electron chi connectivity index (χ1n) is 4.82. The second-order valence-electron chi connectivity index (χ2n) is 3.90. The van der Waals surface area contributed by atoms with Crippen LogP contribution >= 0.6 is 0 Å². The van der Waals surface area contributed by atoms with E-state index in [0.29, 0.717) is 5.92 Å². The summed E-state index contributed by atoms with van der Waals surface area (Å²) in [7, 11) is 0. The van der Waals surface area contributed by atoms with Crippen molar-refractivity contribution in [2.75, 3.05) is 0 Å². The topological polar surface area (TPSA) is 46.2 Å². The number of carbonyl (C=O) groups is 2. The normalized spacial score (nSPS) is 31.2. The Hall–Kier alpha value is -0.860. The predicted molar refractivity (Wildman–Crippen MR) is 50.2 cm³/mol. The number of nitrogens with one attached hydrogen (secondary N) is 1. The van der Waals surface area contributed by atoms with Crippen LogP contribution in [0.4, 0.5) is 0 Å². The first-order chi connectivity index (χ1) is 6.03. The molecule has 0 aromatic heterocycles. The Balaban J connectivity index is 2.60. The van der Waals surface area contributed by atoms with Crippen molar-refractivity contribution >= 4 is 11.7 Å². The number of hydrogen-bond donors (Lipinski definition) is 1. The van der Waals surface area contributed by atoms with Gasteiger partial charge in [0, 0.05) is 6.92 Å². The van der Waals surface area contributed by atoms with Crippen LogP contribution in [-0.2, 0) is 9.59 Å². The smallest absolute Gasteiger partial charge is 0.217 e. The van der Waals surface area contributed by atoms with Crippen LogP contribution in [0.1, 0.15) is 40.0 Å². The van der Waals surface area contributed by atoms with E-state index in [1.54, 1.807) is 6.92 Å². The summed E-state index contributed by atoms with van der Waals surface area (Å²) in [5.74, 6) is 0.369. The van der Waals surface area contributed by atoms with E-state index < -0.39 is 5.54 Å². The van der Waals surface area contributed by atoms with E-state index in [1.165, 1.54) is 6.92 Å². The molecular weight excluding hydrogens is 166 g/mol. The molecule has 0 aliphatic heterocycles. The fraction of sp³-hybridized carbons (Fsp3) is 0.800. The largest absolute Gasteiger partial charge is 0.344 e. The van der Waals surface area contributed by atoms with Gasteiger partial charge in [-0.25, -0.2) is 0 Å². The van der Waals surface area contributed by atoms with Crippen molar-refractivity contribution in [2.24, 2.45) is 5.92 Å². The molecule has 1 amide bonds. The van der Waals surface area contributed by atoms with Crippen molar-refractivity contribution in [3.05, 3.63) is 0 Å². The minimum absolute atomic E-state index is 0.0983. The SMILES string of the molecule is CCC[C@@H]1CC1(NC(C)=O)C(C)=O. The predicted octanol–water partition coefficient (Wildman–Crippen LogP) is 1.27. The molecular formula is C10H17NO2. The third-order valence-electron chi connectivity index (χ3n) is 2.77. The van der Waals surface area contributed by atoms with Crippen LogP contribution in [0.5, 0.6) is 0 Å². The number of carbonyl (C=O) groups excluding carboxylic acids is 2. The Morgan fingerprint density at radius 1 is 1.46 bits per heavy atom. The van der Waals surface area contributed by atoms with Gasteiger partial charge in [0.15, 0.2) is 5.78 Å². The zero-order chi connectivity index (χ0) is 10.1. The second-order valence-corrected chi connectivity index (χ2v) is 3.90. The Kier molecular flexibility index (Phi) is 2.74. The van der Waals surface area contributed by atoms with Crippen molar-refractivity contribution in [3.63, 3.8) is 0 Å². The molecule has 1 saturated carbocycles. The number of rotatable bonds is 4. The van der Waals surface area contributed by atoms with Crippen LogP contribution in [0.25, 0.3) is 0 Å². The Morgan fingerprint density at radius 3 is 2.46 bits per heavy atom. The van der Waals surface area contributed by atoms with E-state index in [0.717, 1.165) is 19.3 Å². The van der Waals surface area contributed by atoms with Gasteiger partial charge < -0.3 is 5.32 Å². The molecule has 2 atom stereocenters. The third-order valence-corrected chi connectivity index (χ3v) is 2.77. The van der Waals surface area contributed by atoms with Gasteiger partial charge in [0.1, 0.15) is 5.54 Å². The van der Waals surface area contributed by atoms with Crippen molar-refractivity contribution in [1.29, 1.82) is 0 Å². The first kappa shape index (κ1) is 10.2. The third kappa shape index (κ3) is 1.90. The lowest BCUT2D eigenvalue weighted by atomic mass is 10.1. The summed E-state index contributed by atoms with van der Waals surface area (Å²) in [6.07, 6.45) is 2.93. The molecule has 0 radical (unpaired) electrons. The van der Waals surface area contributed by atoms with E-state index in [-0.39, 0.29) is 11.7 Å². The summed E-state index contributed by atoms with van der Waals surface area (Å²) in [4.78, 5) is 22.2. The molecule has 0 aromatic carbocycles. The highest BCUT2D eigenvalue weighted by atomic mass is 16.2. The monoisotopic (exact) mass is 183 g/mol. The van der Waals surface area contributed by atoms with Crippen molar-refractivity contribution in [2.45, 2.75) is 45.6 Å². The van der Waals surface area contributed by atoms with E-state index in [4.69, 9.17) is 0 Å². The van der Waals surface area contributed by atoms with Crippen LogP contribution in [0.15, 0.2) is 0 Å². The average molecular weight is 183 g/mol. The first-order valence-corrected chi connectivity index (χ1v) is 4.82. The van der Waals surface area contributed by atoms with Crippen LogP contribution in [-0.4, -0.2) is 17.2 Å². The van der Waals surface area contributed by atoms with Gasteiger partial charge in [-0.2, -0.15) is 0 Å². The molecule has 0 heterocycles. The van der Waals surface area contributed by atoms with Gasteiger partial charge in [-0.05, 0) is 25.7 Å². The van der Waals surface area contributed by atoms with Gasteiger partial charge in [-0.1, -0.05) is 13.3 Å². The second kappa shape index (κ2) is 3.48. The van der Waals surface area contributed by atoms with Gasteiger partial charge in [0.2, 0.25) is 5.91 Å². The van der Waals surface area contributed by atoms with Gasteiger partial charge in [-0.15, -0.1) is 0 Å². The van der Waals surface area contributed by atoms with Gasteiger partial charge >= 0.3 is 0 Å². The summed E-state index contributed by atoms with van der Waals surface area (Å²) in [5, 5.41) is 2.78. The maximum absolute atomic E-state index is 11.3. The number of hydrogen-bond acceptors (Lipinski definition) is 2. The standard InChI is InChI=1S/C10H17NO2/c1-4-5-9-6-10(9,7(2)12)11-8(3)13/h9H,4-6H2,1-3H3,(H,11,13)/t9-,10?/m1/s1. The number of ketones is 1. The zero-order valence-corrected chi connectivity index (χ0v) is 8.52. The van der Waals surface area contributed by atoms with Crippen LogP contribution in [0, 0.1) is 5.92 Å². The van der Waals surface area contributed by atoms with E-state index in [9.17, 15) is 9.59 Å². The summed E-state index contributed by atoms with van der Waals surface area (Å²) in [6, 6.07) is 0. The Labute approximate surface area is 78.9 Å². The fourth-order valence-electron chi connectivity index (χ4n) is 2.01. The zero-order valence-electron chi connectivity index (χ0n) is 8.52. The Bertz CT molecular complexity index is 237. The highest BCUT2D eigenvalue weighted by Crippen LogP contribution is 2.47. The van der Waals surface area contributed by atoms with Crippen LogP contribution in [0.3, 0.4) is 0 Å². The summed E-state index contributed by atoms with van der Waals surface area (Å²) < 4.78 is 0. The molecule has 13 heavy (non-hydrogen) atoms. The van der Waals surface area contributed by atoms with Crippen molar-refractivity contribution < 1.29 is 9.59 Å². The molecule has 1 aliphatic carbocycles. The molecule has 1 unspecified atom stereocenters. The number of Topliss-reactive ketones (excluding diaryl/α,β-unsaturated/α-hetero) is 1. The van der Waals surface area contributed by atoms with Crippen molar-refractivity contribution in [3.8, 4) is 0 Å². The molecule has 1 rings (SSSR count). The summed E-state index contributed by atoms with van der Waals surface area (Å²) in [5.41, 5.74) is -0.498. The minimum Gasteiger partial charge on any atom is -0.344 e. The van der Waals surface area contributed by atoms with E-state index >= 15 is 0 Å². The van der Waals surface area contributed by atoms with Crippen LogP contribution < -0.4 is 5.32 Å². The number of amides is 1. The summed E-state index contributed by atoms with van der Waals surface area (Å²) >= 11 is 0. The highest BCUT2D eigenvalue weighted by Gasteiger charge is 2.57. The molecule has 1 aliphatic rings. The highest BCUT2D eigenvalue weighted by molar-refractivity contribution is 5.94. The van der Waals surface area contributed by atoms with Crippen LogP contribution in [0.2, 0.25) is 0 Å². The summed E-state index contributed by atoms with van der Waals surface area (Å²) in [6.45, 7) is 5.12. The quantitative estimate of drug-likeness (QED) is 0.713. The molecule has 0 bridgehead atoms. The fourth-order valence-corrected chi connectivity index (χ4v) is 2.01. The van der Waals surface area contributed by atoms with Gasteiger partial charge in [0.25, 0.3) is 0 Å². The maximum atomic E-state index is 11.3. The molecule has 0 spiro atoms. The molecule has 0 aromatic rings. The molecule has 0 saturated heterocycles. The van der Waals surface area contributed by atoms with Gasteiger partial charge in [0.05, 0.1) is 0 Å². The minimum atomic E-state index is -0.498. The lowest BCUT2D eigenvalue weighted by Gasteiger charge is -2.14. The lowest BCUT2D eigenvalue weighted by molar-refractivity contribution is -0.127. The molecule has 1 N–H and O–H groups in total. The molecule has 74 valence electrons. The molecule has 3 heteroatoms. The molecule has 3 nitrogen and oxygen atoms in total. The van der Waals surface area contributed by atoms with E-state index in [2.05, 4.69) is 12.2 Å². The molecule has 1 fully saturated rings. The van der Waals surface area contributed by atoms with E-state index in [1.807, 2.05) is 0 Å². The van der Waals surface area contributed by atoms with Gasteiger partial charge in [-0.3, -0.25) is 9.59 Å². The maximum Gasteiger partial charge on any atom is 0.217 e. The van der Waals surface area contributed by atoms with Crippen molar-refractivity contribution in [1.82, 2.24) is 5.32 Å². The Morgan fingerprint density at radius 2 is 2.08 bits per heavy atom. The average Bonchev–Trinajstić information content (AvgIpc) is 2.63.